The summed E-state index contributed by atoms with van der Waals surface area (Å²) in [6.45, 7) is 2.12. The van der Waals surface area contributed by atoms with E-state index in [1.54, 1.807) is 0 Å². The van der Waals surface area contributed by atoms with Crippen LogP contribution in [0.4, 0.5) is 4.79 Å². The molecule has 31 heavy (non-hydrogen) atoms. The summed E-state index contributed by atoms with van der Waals surface area (Å²) in [4.78, 5) is 24.0. The SMILES string of the molecule is Cc1ccc([C@@H](CC(=O)O)NC(=O)OCC2c3ccccc3-c3ccccc32)c(Br)c1. The number of ether oxygens (including phenoxy) is 1. The minimum absolute atomic E-state index is 0.0535. The first-order chi connectivity index (χ1) is 14.9. The van der Waals surface area contributed by atoms with Gasteiger partial charge in [0.25, 0.3) is 0 Å². The molecule has 0 saturated heterocycles. The first kappa shape index (κ1) is 21.1. The number of alkyl carbamates (subject to hydrolysis) is 1. The van der Waals surface area contributed by atoms with Gasteiger partial charge in [-0.1, -0.05) is 76.6 Å². The summed E-state index contributed by atoms with van der Waals surface area (Å²) >= 11 is 3.47. The fourth-order valence-electron chi connectivity index (χ4n) is 4.11. The number of hydrogen-bond acceptors (Lipinski definition) is 3. The van der Waals surface area contributed by atoms with E-state index in [9.17, 15) is 14.7 Å². The van der Waals surface area contributed by atoms with Crippen LogP contribution in [0.2, 0.25) is 0 Å². The number of carboxylic acid groups (broad SMARTS) is 1. The number of fused-ring (bicyclic) bond motifs is 3. The van der Waals surface area contributed by atoms with Crippen molar-refractivity contribution >= 4 is 28.0 Å². The maximum absolute atomic E-state index is 12.6. The zero-order valence-corrected chi connectivity index (χ0v) is 18.6. The van der Waals surface area contributed by atoms with Gasteiger partial charge in [-0.3, -0.25) is 4.79 Å². The van der Waals surface area contributed by atoms with Crippen LogP contribution in [0.25, 0.3) is 11.1 Å². The van der Waals surface area contributed by atoms with Gasteiger partial charge in [-0.15, -0.1) is 0 Å². The van der Waals surface area contributed by atoms with Crippen molar-refractivity contribution in [1.29, 1.82) is 0 Å². The van der Waals surface area contributed by atoms with Gasteiger partial charge in [-0.05, 0) is 46.4 Å². The number of halogens is 1. The van der Waals surface area contributed by atoms with Crippen molar-refractivity contribution in [2.75, 3.05) is 6.61 Å². The van der Waals surface area contributed by atoms with E-state index in [1.807, 2.05) is 49.4 Å². The number of carboxylic acids is 1. The van der Waals surface area contributed by atoms with Crippen LogP contribution in [0.5, 0.6) is 0 Å². The number of carbonyl (C=O) groups excluding carboxylic acids is 1. The smallest absolute Gasteiger partial charge is 0.407 e. The van der Waals surface area contributed by atoms with Gasteiger partial charge >= 0.3 is 12.1 Å². The molecule has 6 heteroatoms. The normalized spacial score (nSPS) is 13.2. The molecule has 0 unspecified atom stereocenters. The van der Waals surface area contributed by atoms with Crippen LogP contribution in [-0.2, 0) is 9.53 Å². The molecule has 158 valence electrons. The highest BCUT2D eigenvalue weighted by atomic mass is 79.9. The van der Waals surface area contributed by atoms with Crippen molar-refractivity contribution < 1.29 is 19.4 Å². The molecule has 0 aliphatic heterocycles. The van der Waals surface area contributed by atoms with E-state index in [0.29, 0.717) is 5.56 Å². The largest absolute Gasteiger partial charge is 0.481 e. The molecule has 1 atom stereocenters. The topological polar surface area (TPSA) is 75.6 Å². The molecule has 5 nitrogen and oxygen atoms in total. The number of hydrogen-bond donors (Lipinski definition) is 2. The Morgan fingerprint density at radius 1 is 1.03 bits per heavy atom. The molecular weight excluding hydrogens is 458 g/mol. The third-order valence-corrected chi connectivity index (χ3v) is 6.23. The van der Waals surface area contributed by atoms with Crippen LogP contribution in [0.3, 0.4) is 0 Å². The number of nitrogens with one attached hydrogen (secondary N) is 1. The third kappa shape index (κ3) is 4.49. The van der Waals surface area contributed by atoms with Crippen molar-refractivity contribution in [3.63, 3.8) is 0 Å². The van der Waals surface area contributed by atoms with Gasteiger partial charge in [-0.2, -0.15) is 0 Å². The lowest BCUT2D eigenvalue weighted by Gasteiger charge is -2.20. The highest BCUT2D eigenvalue weighted by Crippen LogP contribution is 2.44. The Morgan fingerprint density at radius 3 is 2.23 bits per heavy atom. The van der Waals surface area contributed by atoms with Crippen LogP contribution >= 0.6 is 15.9 Å². The number of amides is 1. The fourth-order valence-corrected chi connectivity index (χ4v) is 4.88. The summed E-state index contributed by atoms with van der Waals surface area (Å²) in [7, 11) is 0. The Labute approximate surface area is 189 Å². The van der Waals surface area contributed by atoms with E-state index in [4.69, 9.17) is 4.74 Å². The molecule has 1 aliphatic rings. The van der Waals surface area contributed by atoms with E-state index < -0.39 is 18.1 Å². The second kappa shape index (κ2) is 8.94. The number of benzene rings is 3. The molecule has 0 aromatic heterocycles. The van der Waals surface area contributed by atoms with E-state index in [2.05, 4.69) is 45.5 Å². The number of rotatable bonds is 6. The van der Waals surface area contributed by atoms with Crippen molar-refractivity contribution in [2.24, 2.45) is 0 Å². The Balaban J connectivity index is 1.50. The standard InChI is InChI=1S/C25H22BrNO4/c1-15-10-11-20(22(26)12-15)23(13-24(28)29)27-25(30)31-14-21-18-8-4-2-6-16(18)17-7-3-5-9-19(17)21/h2-12,21,23H,13-14H2,1H3,(H,27,30)(H,28,29)/t23-/m1/s1. The van der Waals surface area contributed by atoms with Gasteiger partial charge in [0, 0.05) is 10.4 Å². The summed E-state index contributed by atoms with van der Waals surface area (Å²) in [5.74, 6) is -1.06. The highest BCUT2D eigenvalue weighted by molar-refractivity contribution is 9.10. The van der Waals surface area contributed by atoms with E-state index in [1.165, 1.54) is 0 Å². The van der Waals surface area contributed by atoms with Crippen LogP contribution in [-0.4, -0.2) is 23.8 Å². The molecule has 4 rings (SSSR count). The Morgan fingerprint density at radius 2 is 1.65 bits per heavy atom. The monoisotopic (exact) mass is 479 g/mol. The van der Waals surface area contributed by atoms with E-state index >= 15 is 0 Å². The summed E-state index contributed by atoms with van der Waals surface area (Å²) in [5.41, 5.74) is 6.28. The molecule has 0 radical (unpaired) electrons. The van der Waals surface area contributed by atoms with Gasteiger partial charge in [-0.25, -0.2) is 4.79 Å². The van der Waals surface area contributed by atoms with Crippen LogP contribution in [0.15, 0.2) is 71.2 Å². The van der Waals surface area contributed by atoms with Gasteiger partial charge in [0.2, 0.25) is 0 Å². The average molecular weight is 480 g/mol. The van der Waals surface area contributed by atoms with E-state index in [0.717, 1.165) is 32.3 Å². The number of carbonyl (C=O) groups is 2. The van der Waals surface area contributed by atoms with Gasteiger partial charge in [0.1, 0.15) is 6.61 Å². The van der Waals surface area contributed by atoms with Crippen LogP contribution in [0.1, 0.15) is 40.6 Å². The molecule has 0 fully saturated rings. The predicted molar refractivity (Wildman–Crippen MR) is 122 cm³/mol. The lowest BCUT2D eigenvalue weighted by Crippen LogP contribution is -2.32. The van der Waals surface area contributed by atoms with Crippen molar-refractivity contribution in [3.05, 3.63) is 93.5 Å². The lowest BCUT2D eigenvalue weighted by atomic mass is 9.98. The number of aryl methyl sites for hydroxylation is 1. The average Bonchev–Trinajstić information content (AvgIpc) is 3.05. The lowest BCUT2D eigenvalue weighted by molar-refractivity contribution is -0.137. The Bertz CT molecular complexity index is 1100. The first-order valence-corrected chi connectivity index (χ1v) is 10.8. The highest BCUT2D eigenvalue weighted by Gasteiger charge is 2.29. The second-order valence-electron chi connectivity index (χ2n) is 7.65. The third-order valence-electron chi connectivity index (χ3n) is 5.55. The molecule has 0 saturated carbocycles. The predicted octanol–water partition coefficient (Wildman–Crippen LogP) is 5.81. The first-order valence-electron chi connectivity index (χ1n) is 10.0. The Kier molecular flexibility index (Phi) is 6.09. The second-order valence-corrected chi connectivity index (χ2v) is 8.50. The van der Waals surface area contributed by atoms with E-state index in [-0.39, 0.29) is 18.9 Å². The molecular formula is C25H22BrNO4. The van der Waals surface area contributed by atoms with Crippen LogP contribution < -0.4 is 5.32 Å². The van der Waals surface area contributed by atoms with Gasteiger partial charge < -0.3 is 15.2 Å². The van der Waals surface area contributed by atoms with Gasteiger partial charge in [0.15, 0.2) is 0 Å². The summed E-state index contributed by atoms with van der Waals surface area (Å²) in [6, 6.07) is 21.1. The molecule has 3 aromatic rings. The van der Waals surface area contributed by atoms with Crippen molar-refractivity contribution in [2.45, 2.75) is 25.3 Å². The maximum Gasteiger partial charge on any atom is 0.407 e. The summed E-state index contributed by atoms with van der Waals surface area (Å²) < 4.78 is 6.33. The molecule has 0 heterocycles. The number of aliphatic carboxylic acids is 1. The maximum atomic E-state index is 12.6. The minimum atomic E-state index is -1.00. The summed E-state index contributed by atoms with van der Waals surface area (Å²) in [5, 5.41) is 12.0. The molecule has 1 amide bonds. The summed E-state index contributed by atoms with van der Waals surface area (Å²) in [6.07, 6.45) is -0.883. The fraction of sp³-hybridized carbons (Fsp3) is 0.200. The molecule has 3 aromatic carbocycles. The quantitative estimate of drug-likeness (QED) is 0.467. The minimum Gasteiger partial charge on any atom is -0.481 e. The molecule has 0 spiro atoms. The zero-order chi connectivity index (χ0) is 22.0. The van der Waals surface area contributed by atoms with Crippen molar-refractivity contribution in [3.8, 4) is 11.1 Å². The van der Waals surface area contributed by atoms with Crippen molar-refractivity contribution in [1.82, 2.24) is 5.32 Å². The zero-order valence-electron chi connectivity index (χ0n) is 17.0. The Hall–Kier alpha value is -3.12. The van der Waals surface area contributed by atoms with Gasteiger partial charge in [0.05, 0.1) is 12.5 Å². The van der Waals surface area contributed by atoms with Crippen LogP contribution in [0, 0.1) is 6.92 Å². The molecule has 0 bridgehead atoms. The molecule has 1 aliphatic carbocycles. The molecule has 2 N–H and O–H groups in total.